The van der Waals surface area contributed by atoms with Crippen LogP contribution in [0.15, 0.2) is 0 Å². The Labute approximate surface area is 133 Å². The van der Waals surface area contributed by atoms with Gasteiger partial charge in [-0.3, -0.25) is 0 Å². The number of halogens is 1. The maximum Gasteiger partial charge on any atom is 0.231 e. The molecule has 0 radical (unpaired) electrons. The summed E-state index contributed by atoms with van der Waals surface area (Å²) in [6, 6.07) is 0. The Balaban J connectivity index is 2.99. The summed E-state index contributed by atoms with van der Waals surface area (Å²) in [5.41, 5.74) is 0. The van der Waals surface area contributed by atoms with Crippen LogP contribution in [0.5, 0.6) is 0 Å². The van der Waals surface area contributed by atoms with Gasteiger partial charge in [-0.05, 0) is 38.3 Å². The molecular formula is C15H28ClN5. The number of nitrogens with zero attached hydrogens (tertiary/aromatic N) is 5. The number of aromatic nitrogens is 3. The Bertz CT molecular complexity index is 401. The van der Waals surface area contributed by atoms with Gasteiger partial charge >= 0.3 is 0 Å². The molecule has 0 saturated heterocycles. The van der Waals surface area contributed by atoms with Crippen LogP contribution >= 0.6 is 11.6 Å². The average Bonchev–Trinajstić information content (AvgIpc) is 2.48. The molecule has 21 heavy (non-hydrogen) atoms. The van der Waals surface area contributed by atoms with E-state index < -0.39 is 0 Å². The van der Waals surface area contributed by atoms with Gasteiger partial charge in [0.2, 0.25) is 17.2 Å². The third-order valence-corrected chi connectivity index (χ3v) is 3.65. The highest BCUT2D eigenvalue weighted by atomic mass is 35.5. The SMILES string of the molecule is CCCCN(CCCC)c1nc(Cl)nc(N(CC)CC)n1. The van der Waals surface area contributed by atoms with Crippen molar-refractivity contribution >= 4 is 23.5 Å². The van der Waals surface area contributed by atoms with E-state index in [2.05, 4.69) is 52.4 Å². The molecule has 0 atom stereocenters. The van der Waals surface area contributed by atoms with Crippen LogP contribution in [0.25, 0.3) is 0 Å². The smallest absolute Gasteiger partial charge is 0.231 e. The van der Waals surface area contributed by atoms with Gasteiger partial charge in [0.1, 0.15) is 0 Å². The summed E-state index contributed by atoms with van der Waals surface area (Å²) >= 11 is 6.10. The van der Waals surface area contributed by atoms with Crippen molar-refractivity contribution in [3.05, 3.63) is 5.28 Å². The zero-order chi connectivity index (χ0) is 15.7. The Hall–Kier alpha value is -1.10. The molecule has 1 aromatic heterocycles. The molecule has 1 aromatic rings. The molecule has 0 aliphatic carbocycles. The van der Waals surface area contributed by atoms with Crippen molar-refractivity contribution in [3.63, 3.8) is 0 Å². The van der Waals surface area contributed by atoms with Crippen LogP contribution in [0.2, 0.25) is 5.28 Å². The fourth-order valence-corrected chi connectivity index (χ4v) is 2.28. The molecule has 0 N–H and O–H groups in total. The average molecular weight is 314 g/mol. The summed E-state index contributed by atoms with van der Waals surface area (Å²) in [5.74, 6) is 1.38. The van der Waals surface area contributed by atoms with Crippen molar-refractivity contribution in [2.45, 2.75) is 53.4 Å². The number of rotatable bonds is 10. The third-order valence-electron chi connectivity index (χ3n) is 3.48. The molecule has 0 aromatic carbocycles. The Morgan fingerprint density at radius 3 is 1.67 bits per heavy atom. The lowest BCUT2D eigenvalue weighted by atomic mass is 10.3. The van der Waals surface area contributed by atoms with Crippen molar-refractivity contribution in [3.8, 4) is 0 Å². The maximum atomic E-state index is 6.10. The predicted octanol–water partition coefficient (Wildman–Crippen LogP) is 3.78. The summed E-state index contributed by atoms with van der Waals surface area (Å²) in [6.07, 6.45) is 4.58. The minimum Gasteiger partial charge on any atom is -0.341 e. The molecule has 0 bridgehead atoms. The normalized spacial score (nSPS) is 10.7. The van der Waals surface area contributed by atoms with Gasteiger partial charge in [-0.15, -0.1) is 0 Å². The lowest BCUT2D eigenvalue weighted by Gasteiger charge is -2.24. The first-order valence-electron chi connectivity index (χ1n) is 8.07. The highest BCUT2D eigenvalue weighted by Gasteiger charge is 2.14. The van der Waals surface area contributed by atoms with Gasteiger partial charge in [0.25, 0.3) is 0 Å². The Kier molecular flexibility index (Phi) is 8.35. The lowest BCUT2D eigenvalue weighted by molar-refractivity contribution is 0.659. The molecule has 0 spiro atoms. The lowest BCUT2D eigenvalue weighted by Crippen LogP contribution is -2.30. The molecule has 0 amide bonds. The fraction of sp³-hybridized carbons (Fsp3) is 0.800. The quantitative estimate of drug-likeness (QED) is 0.658. The largest absolute Gasteiger partial charge is 0.341 e. The van der Waals surface area contributed by atoms with Gasteiger partial charge in [-0.2, -0.15) is 15.0 Å². The molecule has 5 nitrogen and oxygen atoms in total. The van der Waals surface area contributed by atoms with E-state index in [1.165, 1.54) is 0 Å². The first-order valence-corrected chi connectivity index (χ1v) is 8.45. The van der Waals surface area contributed by atoms with E-state index in [1.54, 1.807) is 0 Å². The third kappa shape index (κ3) is 5.65. The van der Waals surface area contributed by atoms with E-state index in [9.17, 15) is 0 Å². The van der Waals surface area contributed by atoms with Crippen LogP contribution in [0.3, 0.4) is 0 Å². The molecule has 120 valence electrons. The number of anilines is 2. The van der Waals surface area contributed by atoms with Crippen molar-refractivity contribution in [1.82, 2.24) is 15.0 Å². The van der Waals surface area contributed by atoms with E-state index in [0.717, 1.165) is 51.9 Å². The Morgan fingerprint density at radius 1 is 0.762 bits per heavy atom. The molecule has 1 rings (SSSR count). The second-order valence-corrected chi connectivity index (χ2v) is 5.41. The second kappa shape index (κ2) is 9.77. The van der Waals surface area contributed by atoms with Crippen LogP contribution in [-0.4, -0.2) is 41.1 Å². The van der Waals surface area contributed by atoms with Crippen molar-refractivity contribution < 1.29 is 0 Å². The molecule has 0 saturated carbocycles. The summed E-state index contributed by atoms with van der Waals surface area (Å²) in [4.78, 5) is 17.5. The van der Waals surface area contributed by atoms with E-state index in [4.69, 9.17) is 11.6 Å². The van der Waals surface area contributed by atoms with Crippen molar-refractivity contribution in [2.75, 3.05) is 36.0 Å². The van der Waals surface area contributed by atoms with Crippen LogP contribution in [-0.2, 0) is 0 Å². The summed E-state index contributed by atoms with van der Waals surface area (Å²) in [7, 11) is 0. The monoisotopic (exact) mass is 313 g/mol. The minimum atomic E-state index is 0.278. The highest BCUT2D eigenvalue weighted by molar-refractivity contribution is 6.28. The van der Waals surface area contributed by atoms with Crippen LogP contribution < -0.4 is 9.80 Å². The van der Waals surface area contributed by atoms with Gasteiger partial charge in [0, 0.05) is 26.2 Å². The summed E-state index contributed by atoms with van der Waals surface area (Å²) in [6.45, 7) is 12.2. The first kappa shape index (κ1) is 18.0. The maximum absolute atomic E-state index is 6.10. The van der Waals surface area contributed by atoms with E-state index in [1.807, 2.05) is 0 Å². The van der Waals surface area contributed by atoms with Crippen molar-refractivity contribution in [2.24, 2.45) is 0 Å². The van der Waals surface area contributed by atoms with Crippen LogP contribution in [0, 0.1) is 0 Å². The zero-order valence-corrected chi connectivity index (χ0v) is 14.5. The van der Waals surface area contributed by atoms with E-state index in [-0.39, 0.29) is 5.28 Å². The van der Waals surface area contributed by atoms with Gasteiger partial charge < -0.3 is 9.80 Å². The summed E-state index contributed by atoms with van der Waals surface area (Å²) in [5, 5.41) is 0.278. The molecular weight excluding hydrogens is 286 g/mol. The number of hydrogen-bond acceptors (Lipinski definition) is 5. The van der Waals surface area contributed by atoms with Gasteiger partial charge in [-0.1, -0.05) is 26.7 Å². The first-order chi connectivity index (χ1) is 10.2. The second-order valence-electron chi connectivity index (χ2n) is 5.07. The van der Waals surface area contributed by atoms with Gasteiger partial charge in [-0.25, -0.2) is 0 Å². The Morgan fingerprint density at radius 2 is 1.24 bits per heavy atom. The highest BCUT2D eigenvalue weighted by Crippen LogP contribution is 2.17. The van der Waals surface area contributed by atoms with Gasteiger partial charge in [0.05, 0.1) is 0 Å². The van der Waals surface area contributed by atoms with Crippen LogP contribution in [0.4, 0.5) is 11.9 Å². The molecule has 1 heterocycles. The number of hydrogen-bond donors (Lipinski definition) is 0. The van der Waals surface area contributed by atoms with Crippen molar-refractivity contribution in [1.29, 1.82) is 0 Å². The fourth-order valence-electron chi connectivity index (χ4n) is 2.13. The van der Waals surface area contributed by atoms with Gasteiger partial charge in [0.15, 0.2) is 0 Å². The summed E-state index contributed by atoms with van der Waals surface area (Å²) < 4.78 is 0. The van der Waals surface area contributed by atoms with Crippen LogP contribution in [0.1, 0.15) is 53.4 Å². The number of unbranched alkanes of at least 4 members (excludes halogenated alkanes) is 2. The molecule has 0 fully saturated rings. The molecule has 0 unspecified atom stereocenters. The molecule has 0 aliphatic heterocycles. The van der Waals surface area contributed by atoms with E-state index >= 15 is 0 Å². The standard InChI is InChI=1S/C15H28ClN5/c1-5-9-11-21(12-10-6-2)15-18-13(16)17-14(19-15)20(7-3)8-4/h5-12H2,1-4H3. The predicted molar refractivity (Wildman–Crippen MR) is 90.4 cm³/mol. The van der Waals surface area contributed by atoms with E-state index in [0.29, 0.717) is 11.9 Å². The minimum absolute atomic E-state index is 0.278. The molecule has 6 heteroatoms. The topological polar surface area (TPSA) is 45.2 Å². The molecule has 0 aliphatic rings. The zero-order valence-electron chi connectivity index (χ0n) is 13.8.